The van der Waals surface area contributed by atoms with Crippen LogP contribution in [0.2, 0.25) is 0 Å². The predicted octanol–water partition coefficient (Wildman–Crippen LogP) is 0.819. The molecule has 0 aliphatic carbocycles. The van der Waals surface area contributed by atoms with Crippen molar-refractivity contribution in [3.05, 3.63) is 33.7 Å². The fraction of sp³-hybridized carbons (Fsp3) is 0.222. The zero-order valence-corrected chi connectivity index (χ0v) is 8.78. The molecule has 0 spiro atoms. The van der Waals surface area contributed by atoms with Crippen molar-refractivity contribution in [1.29, 1.82) is 0 Å². The molecule has 0 aliphatic heterocycles. The van der Waals surface area contributed by atoms with E-state index in [1.807, 2.05) is 0 Å². The van der Waals surface area contributed by atoms with Crippen LogP contribution in [0.1, 0.15) is 12.6 Å². The van der Waals surface area contributed by atoms with Crippen molar-refractivity contribution in [1.82, 2.24) is 9.38 Å². The molecule has 2 heterocycles. The molecular weight excluding hydrogens is 216 g/mol. The lowest BCUT2D eigenvalue weighted by atomic mass is 10.4. The summed E-state index contributed by atoms with van der Waals surface area (Å²) in [5, 5.41) is 1.78. The molecule has 0 atom stereocenters. The number of ether oxygens (including phenoxy) is 1. The van der Waals surface area contributed by atoms with Gasteiger partial charge < -0.3 is 4.74 Å². The van der Waals surface area contributed by atoms with Crippen molar-refractivity contribution in [2.45, 2.75) is 13.5 Å². The summed E-state index contributed by atoms with van der Waals surface area (Å²) in [6.07, 6.45) is 1.66. The van der Waals surface area contributed by atoms with Gasteiger partial charge in [-0.15, -0.1) is 11.3 Å². The molecular formula is C9H8N2O3S. The lowest BCUT2D eigenvalue weighted by Crippen LogP contribution is -2.14. The van der Waals surface area contributed by atoms with E-state index in [1.54, 1.807) is 11.6 Å². The van der Waals surface area contributed by atoms with Crippen molar-refractivity contribution in [3.8, 4) is 0 Å². The van der Waals surface area contributed by atoms with Crippen LogP contribution in [-0.4, -0.2) is 15.4 Å². The molecule has 0 saturated heterocycles. The van der Waals surface area contributed by atoms with Crippen molar-refractivity contribution < 1.29 is 9.53 Å². The molecule has 0 unspecified atom stereocenters. The van der Waals surface area contributed by atoms with E-state index < -0.39 is 0 Å². The Morgan fingerprint density at radius 1 is 1.67 bits per heavy atom. The molecule has 2 aromatic heterocycles. The molecule has 0 saturated carbocycles. The molecule has 15 heavy (non-hydrogen) atoms. The van der Waals surface area contributed by atoms with Gasteiger partial charge in [0.05, 0.1) is 5.69 Å². The zero-order valence-electron chi connectivity index (χ0n) is 7.97. The first kappa shape index (κ1) is 9.85. The van der Waals surface area contributed by atoms with Gasteiger partial charge in [0.25, 0.3) is 5.56 Å². The Bertz CT molecular complexity index is 558. The Hall–Kier alpha value is -1.69. The largest absolute Gasteiger partial charge is 0.459 e. The van der Waals surface area contributed by atoms with Gasteiger partial charge in [-0.25, -0.2) is 4.98 Å². The van der Waals surface area contributed by atoms with E-state index in [4.69, 9.17) is 4.74 Å². The van der Waals surface area contributed by atoms with E-state index in [9.17, 15) is 9.59 Å². The van der Waals surface area contributed by atoms with Crippen LogP contribution in [-0.2, 0) is 16.1 Å². The third-order valence-corrected chi connectivity index (χ3v) is 2.54. The second-order valence-corrected chi connectivity index (χ2v) is 3.79. The smallest absolute Gasteiger partial charge is 0.303 e. The van der Waals surface area contributed by atoms with Gasteiger partial charge in [0, 0.05) is 24.6 Å². The van der Waals surface area contributed by atoms with Gasteiger partial charge in [-0.2, -0.15) is 0 Å². The van der Waals surface area contributed by atoms with Crippen LogP contribution in [0.15, 0.2) is 22.4 Å². The Labute approximate surface area is 89.0 Å². The van der Waals surface area contributed by atoms with E-state index in [1.165, 1.54) is 28.7 Å². The molecule has 6 heteroatoms. The number of thiazole rings is 1. The maximum atomic E-state index is 11.5. The summed E-state index contributed by atoms with van der Waals surface area (Å²) < 4.78 is 6.21. The molecule has 0 fully saturated rings. The molecule has 5 nitrogen and oxygen atoms in total. The highest BCUT2D eigenvalue weighted by Crippen LogP contribution is 2.06. The summed E-state index contributed by atoms with van der Waals surface area (Å²) >= 11 is 1.36. The highest BCUT2D eigenvalue weighted by atomic mass is 32.1. The second kappa shape index (κ2) is 3.82. The maximum absolute atomic E-state index is 11.5. The third-order valence-electron chi connectivity index (χ3n) is 1.78. The number of hydrogen-bond donors (Lipinski definition) is 0. The van der Waals surface area contributed by atoms with Gasteiger partial charge >= 0.3 is 5.97 Å². The fourth-order valence-corrected chi connectivity index (χ4v) is 1.88. The van der Waals surface area contributed by atoms with E-state index >= 15 is 0 Å². The van der Waals surface area contributed by atoms with Crippen molar-refractivity contribution >= 4 is 22.3 Å². The second-order valence-electron chi connectivity index (χ2n) is 2.92. The van der Waals surface area contributed by atoms with Crippen LogP contribution in [0, 0.1) is 0 Å². The molecule has 0 aromatic carbocycles. The number of rotatable bonds is 2. The first-order valence-electron chi connectivity index (χ1n) is 4.26. The molecule has 0 aliphatic rings. The normalized spacial score (nSPS) is 10.5. The Balaban J connectivity index is 2.36. The molecule has 2 rings (SSSR count). The molecule has 0 N–H and O–H groups in total. The van der Waals surface area contributed by atoms with Gasteiger partial charge in [-0.05, 0) is 0 Å². The average molecular weight is 224 g/mol. The number of nitrogens with zero attached hydrogens (tertiary/aromatic N) is 2. The predicted molar refractivity (Wildman–Crippen MR) is 54.8 cm³/mol. The fourth-order valence-electron chi connectivity index (χ4n) is 1.14. The van der Waals surface area contributed by atoms with Crippen LogP contribution in [0.4, 0.5) is 0 Å². The van der Waals surface area contributed by atoms with Crippen LogP contribution in [0.25, 0.3) is 4.96 Å². The van der Waals surface area contributed by atoms with Gasteiger partial charge in [0.15, 0.2) is 4.96 Å². The standard InChI is InChI=1S/C9H8N2O3S/c1-6(12)14-5-7-4-8(13)11-2-3-15-9(11)10-7/h2-4H,5H2,1H3. The summed E-state index contributed by atoms with van der Waals surface area (Å²) in [6.45, 7) is 1.36. The molecule has 0 amide bonds. The average Bonchev–Trinajstić information content (AvgIpc) is 2.63. The Kier molecular flexibility index (Phi) is 2.51. The summed E-state index contributed by atoms with van der Waals surface area (Å²) in [7, 11) is 0. The van der Waals surface area contributed by atoms with E-state index in [-0.39, 0.29) is 18.1 Å². The van der Waals surface area contributed by atoms with Crippen LogP contribution in [0.3, 0.4) is 0 Å². The Morgan fingerprint density at radius 3 is 3.20 bits per heavy atom. The molecule has 78 valence electrons. The highest BCUT2D eigenvalue weighted by Gasteiger charge is 2.04. The summed E-state index contributed by atoms with van der Waals surface area (Å²) in [5.74, 6) is -0.386. The summed E-state index contributed by atoms with van der Waals surface area (Å²) in [6, 6.07) is 1.36. The quantitative estimate of drug-likeness (QED) is 0.708. The minimum absolute atomic E-state index is 0.0406. The lowest BCUT2D eigenvalue weighted by Gasteiger charge is -2.00. The number of carbonyl (C=O) groups is 1. The van der Waals surface area contributed by atoms with Crippen molar-refractivity contribution in [3.63, 3.8) is 0 Å². The summed E-state index contributed by atoms with van der Waals surface area (Å²) in [5.41, 5.74) is 0.307. The maximum Gasteiger partial charge on any atom is 0.303 e. The number of hydrogen-bond acceptors (Lipinski definition) is 5. The molecule has 0 radical (unpaired) electrons. The zero-order chi connectivity index (χ0) is 10.8. The van der Waals surface area contributed by atoms with Crippen LogP contribution >= 0.6 is 11.3 Å². The van der Waals surface area contributed by atoms with Crippen molar-refractivity contribution in [2.75, 3.05) is 0 Å². The number of esters is 1. The minimum Gasteiger partial charge on any atom is -0.459 e. The molecule has 0 bridgehead atoms. The lowest BCUT2D eigenvalue weighted by molar-refractivity contribution is -0.142. The third kappa shape index (κ3) is 2.04. The van der Waals surface area contributed by atoms with Crippen LogP contribution in [0.5, 0.6) is 0 Å². The highest BCUT2D eigenvalue weighted by molar-refractivity contribution is 7.15. The first-order chi connectivity index (χ1) is 7.16. The van der Waals surface area contributed by atoms with Gasteiger partial charge in [-0.3, -0.25) is 14.0 Å². The SMILES string of the molecule is CC(=O)OCc1cc(=O)n2ccsc2n1. The number of aromatic nitrogens is 2. The molecule has 2 aromatic rings. The number of carbonyl (C=O) groups excluding carboxylic acids is 1. The first-order valence-corrected chi connectivity index (χ1v) is 5.14. The van der Waals surface area contributed by atoms with Gasteiger partial charge in [0.1, 0.15) is 6.61 Å². The Morgan fingerprint density at radius 2 is 2.47 bits per heavy atom. The van der Waals surface area contributed by atoms with E-state index in [0.29, 0.717) is 10.7 Å². The van der Waals surface area contributed by atoms with Crippen molar-refractivity contribution in [2.24, 2.45) is 0 Å². The van der Waals surface area contributed by atoms with E-state index in [2.05, 4.69) is 4.98 Å². The van der Waals surface area contributed by atoms with Gasteiger partial charge in [0.2, 0.25) is 0 Å². The minimum atomic E-state index is -0.386. The monoisotopic (exact) mass is 224 g/mol. The van der Waals surface area contributed by atoms with Gasteiger partial charge in [-0.1, -0.05) is 0 Å². The summed E-state index contributed by atoms with van der Waals surface area (Å²) in [4.78, 5) is 26.9. The number of fused-ring (bicyclic) bond motifs is 1. The topological polar surface area (TPSA) is 60.7 Å². The van der Waals surface area contributed by atoms with E-state index in [0.717, 1.165) is 0 Å². The van der Waals surface area contributed by atoms with Crippen LogP contribution < -0.4 is 5.56 Å².